The van der Waals surface area contributed by atoms with Gasteiger partial charge in [0, 0.05) is 5.69 Å². The van der Waals surface area contributed by atoms with E-state index >= 15 is 0 Å². The Kier molecular flexibility index (Phi) is 5.71. The highest BCUT2D eigenvalue weighted by Gasteiger charge is 2.18. The first kappa shape index (κ1) is 18.5. The van der Waals surface area contributed by atoms with Gasteiger partial charge in [0.15, 0.2) is 6.10 Å². The molecule has 1 atom stereocenters. The van der Waals surface area contributed by atoms with Crippen molar-refractivity contribution in [2.75, 3.05) is 12.4 Å². The predicted molar refractivity (Wildman–Crippen MR) is 105 cm³/mol. The minimum Gasteiger partial charge on any atom is -0.497 e. The van der Waals surface area contributed by atoms with E-state index in [2.05, 4.69) is 5.32 Å². The second-order valence-corrected chi connectivity index (χ2v) is 6.21. The van der Waals surface area contributed by atoms with Gasteiger partial charge < -0.3 is 14.8 Å². The number of amides is 1. The molecule has 3 rings (SSSR count). The number of hydrogen-bond acceptors (Lipinski definition) is 4. The molecule has 0 spiro atoms. The first-order chi connectivity index (χ1) is 13.0. The summed E-state index contributed by atoms with van der Waals surface area (Å²) in [6, 6.07) is 20.7. The van der Waals surface area contributed by atoms with Gasteiger partial charge in [-0.2, -0.15) is 0 Å². The van der Waals surface area contributed by atoms with Gasteiger partial charge in [-0.3, -0.25) is 9.59 Å². The Hall–Kier alpha value is -3.34. The van der Waals surface area contributed by atoms with Crippen LogP contribution in [-0.4, -0.2) is 25.1 Å². The van der Waals surface area contributed by atoms with Crippen LogP contribution in [0, 0.1) is 0 Å². The van der Waals surface area contributed by atoms with Crippen molar-refractivity contribution in [1.82, 2.24) is 0 Å². The third kappa shape index (κ3) is 4.85. The topological polar surface area (TPSA) is 64.6 Å². The second kappa shape index (κ2) is 8.36. The van der Waals surface area contributed by atoms with Gasteiger partial charge in [0.05, 0.1) is 13.5 Å². The number of anilines is 1. The lowest BCUT2D eigenvalue weighted by atomic mass is 10.1. The van der Waals surface area contributed by atoms with E-state index in [1.807, 2.05) is 42.5 Å². The quantitative estimate of drug-likeness (QED) is 0.673. The van der Waals surface area contributed by atoms with Crippen molar-refractivity contribution < 1.29 is 19.1 Å². The number of fused-ring (bicyclic) bond motifs is 1. The number of rotatable bonds is 6. The normalized spacial score (nSPS) is 11.6. The van der Waals surface area contributed by atoms with E-state index in [0.29, 0.717) is 5.69 Å². The molecule has 3 aromatic rings. The maximum Gasteiger partial charge on any atom is 0.311 e. The van der Waals surface area contributed by atoms with E-state index in [1.165, 1.54) is 0 Å². The molecule has 0 aliphatic heterocycles. The van der Waals surface area contributed by atoms with Crippen LogP contribution in [0.4, 0.5) is 5.69 Å². The van der Waals surface area contributed by atoms with E-state index in [1.54, 1.807) is 38.3 Å². The Bertz CT molecular complexity index is 950. The molecule has 0 fully saturated rings. The fourth-order valence-electron chi connectivity index (χ4n) is 2.71. The van der Waals surface area contributed by atoms with Crippen LogP contribution < -0.4 is 10.1 Å². The summed E-state index contributed by atoms with van der Waals surface area (Å²) < 4.78 is 10.3. The summed E-state index contributed by atoms with van der Waals surface area (Å²) in [6.45, 7) is 1.56. The predicted octanol–water partition coefficient (Wildman–Crippen LogP) is 3.96. The molecule has 0 saturated heterocycles. The molecule has 27 heavy (non-hydrogen) atoms. The average Bonchev–Trinajstić information content (AvgIpc) is 2.68. The highest BCUT2D eigenvalue weighted by atomic mass is 16.5. The molecule has 0 aromatic heterocycles. The smallest absolute Gasteiger partial charge is 0.311 e. The van der Waals surface area contributed by atoms with Crippen LogP contribution >= 0.6 is 0 Å². The third-order valence-electron chi connectivity index (χ3n) is 4.20. The first-order valence-corrected chi connectivity index (χ1v) is 8.67. The lowest BCUT2D eigenvalue weighted by Crippen LogP contribution is -2.30. The number of carbonyl (C=O) groups is 2. The van der Waals surface area contributed by atoms with E-state index in [4.69, 9.17) is 9.47 Å². The number of benzene rings is 3. The summed E-state index contributed by atoms with van der Waals surface area (Å²) in [6.07, 6.45) is -0.792. The second-order valence-electron chi connectivity index (χ2n) is 6.21. The summed E-state index contributed by atoms with van der Waals surface area (Å²) in [4.78, 5) is 24.4. The Balaban J connectivity index is 1.56. The summed E-state index contributed by atoms with van der Waals surface area (Å²) in [5, 5.41) is 4.90. The van der Waals surface area contributed by atoms with Gasteiger partial charge in [-0.05, 0) is 47.5 Å². The zero-order valence-electron chi connectivity index (χ0n) is 15.3. The van der Waals surface area contributed by atoms with Gasteiger partial charge in [-0.15, -0.1) is 0 Å². The monoisotopic (exact) mass is 363 g/mol. The van der Waals surface area contributed by atoms with Crippen molar-refractivity contribution in [2.24, 2.45) is 0 Å². The van der Waals surface area contributed by atoms with Crippen molar-refractivity contribution in [3.63, 3.8) is 0 Å². The van der Waals surface area contributed by atoms with Crippen molar-refractivity contribution in [2.45, 2.75) is 19.4 Å². The lowest BCUT2D eigenvalue weighted by Gasteiger charge is -2.14. The Morgan fingerprint density at radius 1 is 0.963 bits per heavy atom. The summed E-state index contributed by atoms with van der Waals surface area (Å²) in [5.74, 6) is -0.107. The molecule has 138 valence electrons. The van der Waals surface area contributed by atoms with Crippen LogP contribution in [0.2, 0.25) is 0 Å². The molecule has 1 amide bonds. The van der Waals surface area contributed by atoms with Crippen LogP contribution in [0.1, 0.15) is 12.5 Å². The zero-order valence-corrected chi connectivity index (χ0v) is 15.3. The zero-order chi connectivity index (χ0) is 19.2. The van der Waals surface area contributed by atoms with Gasteiger partial charge in [-0.25, -0.2) is 0 Å². The number of nitrogens with one attached hydrogen (secondary N) is 1. The average molecular weight is 363 g/mol. The van der Waals surface area contributed by atoms with Crippen LogP contribution in [0.5, 0.6) is 5.75 Å². The van der Waals surface area contributed by atoms with Crippen molar-refractivity contribution in [3.8, 4) is 5.75 Å². The molecule has 3 aromatic carbocycles. The van der Waals surface area contributed by atoms with Gasteiger partial charge in [0.1, 0.15) is 5.75 Å². The molecular weight excluding hydrogens is 342 g/mol. The fourth-order valence-corrected chi connectivity index (χ4v) is 2.71. The van der Waals surface area contributed by atoms with E-state index in [0.717, 1.165) is 22.1 Å². The van der Waals surface area contributed by atoms with Gasteiger partial charge in [0.25, 0.3) is 5.91 Å². The summed E-state index contributed by atoms with van der Waals surface area (Å²) in [5.41, 5.74) is 1.46. The standard InChI is InChI=1S/C22H21NO4/c1-15(27-21(24)13-16-7-11-20(26-2)12-8-16)22(25)23-19-10-9-17-5-3-4-6-18(17)14-19/h3-12,14-15H,13H2,1-2H3,(H,23,25)/t15-/m1/s1. The SMILES string of the molecule is COc1ccc(CC(=O)O[C@H](C)C(=O)Nc2ccc3ccccc3c2)cc1. The van der Waals surface area contributed by atoms with Crippen LogP contribution in [0.3, 0.4) is 0 Å². The van der Waals surface area contributed by atoms with Crippen molar-refractivity contribution in [1.29, 1.82) is 0 Å². The molecule has 0 unspecified atom stereocenters. The molecule has 0 heterocycles. The number of esters is 1. The summed E-state index contributed by atoms with van der Waals surface area (Å²) in [7, 11) is 1.58. The minimum atomic E-state index is -0.887. The molecule has 5 heteroatoms. The molecule has 0 radical (unpaired) electrons. The molecule has 0 saturated carbocycles. The maximum atomic E-state index is 12.3. The van der Waals surface area contributed by atoms with E-state index in [9.17, 15) is 9.59 Å². The molecular formula is C22H21NO4. The maximum absolute atomic E-state index is 12.3. The molecule has 0 aliphatic carbocycles. The molecule has 5 nitrogen and oxygen atoms in total. The Labute approximate surface area is 157 Å². The number of carbonyl (C=O) groups excluding carboxylic acids is 2. The van der Waals surface area contributed by atoms with Gasteiger partial charge in [0.2, 0.25) is 0 Å². The van der Waals surface area contributed by atoms with Crippen molar-refractivity contribution in [3.05, 3.63) is 72.3 Å². The highest BCUT2D eigenvalue weighted by Crippen LogP contribution is 2.19. The van der Waals surface area contributed by atoms with E-state index in [-0.39, 0.29) is 12.3 Å². The lowest BCUT2D eigenvalue weighted by molar-refractivity contribution is -0.152. The molecule has 0 aliphatic rings. The van der Waals surface area contributed by atoms with E-state index < -0.39 is 12.1 Å². The minimum absolute atomic E-state index is 0.0948. The fraction of sp³-hybridized carbons (Fsp3) is 0.182. The highest BCUT2D eigenvalue weighted by molar-refractivity contribution is 5.97. The molecule has 0 bridgehead atoms. The third-order valence-corrected chi connectivity index (χ3v) is 4.20. The first-order valence-electron chi connectivity index (χ1n) is 8.67. The Morgan fingerprint density at radius 2 is 1.67 bits per heavy atom. The van der Waals surface area contributed by atoms with Gasteiger partial charge in [-0.1, -0.05) is 42.5 Å². The van der Waals surface area contributed by atoms with Crippen LogP contribution in [0.15, 0.2) is 66.7 Å². The van der Waals surface area contributed by atoms with Crippen LogP contribution in [0.25, 0.3) is 10.8 Å². The largest absolute Gasteiger partial charge is 0.497 e. The molecule has 1 N–H and O–H groups in total. The number of hydrogen-bond donors (Lipinski definition) is 1. The number of ether oxygens (including phenoxy) is 2. The Morgan fingerprint density at radius 3 is 2.37 bits per heavy atom. The van der Waals surface area contributed by atoms with Gasteiger partial charge >= 0.3 is 5.97 Å². The summed E-state index contributed by atoms with van der Waals surface area (Å²) >= 11 is 0. The van der Waals surface area contributed by atoms with Crippen molar-refractivity contribution >= 4 is 28.3 Å². The number of methoxy groups -OCH3 is 1. The van der Waals surface area contributed by atoms with Crippen LogP contribution in [-0.2, 0) is 20.7 Å².